The standard InChI is InChI=1S/C14H18BrN3O2/c1-2-12(10-5-3-4-6-11(10)15)17-9-13(19)18-8-7-16-14(18)20/h3-6,12,17H,2,7-9H2,1H3,(H,16,20)/t12-/m0/s1. The number of rotatable bonds is 5. The number of nitrogens with zero attached hydrogens (tertiary/aromatic N) is 1. The van der Waals surface area contributed by atoms with E-state index in [4.69, 9.17) is 0 Å². The van der Waals surface area contributed by atoms with E-state index < -0.39 is 0 Å². The molecule has 1 aliphatic rings. The summed E-state index contributed by atoms with van der Waals surface area (Å²) in [6.45, 7) is 3.20. The molecule has 0 unspecified atom stereocenters. The van der Waals surface area contributed by atoms with E-state index in [1.54, 1.807) is 0 Å². The Morgan fingerprint density at radius 1 is 1.50 bits per heavy atom. The van der Waals surface area contributed by atoms with Gasteiger partial charge in [0.25, 0.3) is 0 Å². The smallest absolute Gasteiger partial charge is 0.324 e. The van der Waals surface area contributed by atoms with E-state index in [2.05, 4.69) is 33.5 Å². The van der Waals surface area contributed by atoms with Crippen LogP contribution in [0.15, 0.2) is 28.7 Å². The van der Waals surface area contributed by atoms with Crippen molar-refractivity contribution >= 4 is 27.9 Å². The lowest BCUT2D eigenvalue weighted by atomic mass is 10.0. The maximum Gasteiger partial charge on any atom is 0.324 e. The first-order valence-electron chi connectivity index (χ1n) is 6.69. The van der Waals surface area contributed by atoms with Gasteiger partial charge >= 0.3 is 6.03 Å². The van der Waals surface area contributed by atoms with Crippen LogP contribution < -0.4 is 10.6 Å². The highest BCUT2D eigenvalue weighted by molar-refractivity contribution is 9.10. The molecule has 5 nitrogen and oxygen atoms in total. The monoisotopic (exact) mass is 339 g/mol. The number of urea groups is 1. The second-order valence-electron chi connectivity index (χ2n) is 4.64. The van der Waals surface area contributed by atoms with Crippen LogP contribution in [-0.4, -0.2) is 36.5 Å². The highest BCUT2D eigenvalue weighted by Gasteiger charge is 2.26. The van der Waals surface area contributed by atoms with Gasteiger partial charge in [0.05, 0.1) is 6.54 Å². The Balaban J connectivity index is 1.96. The molecular formula is C14H18BrN3O2. The zero-order valence-corrected chi connectivity index (χ0v) is 12.9. The highest BCUT2D eigenvalue weighted by Crippen LogP contribution is 2.25. The molecule has 0 saturated carbocycles. The third-order valence-corrected chi connectivity index (χ3v) is 4.07. The Hall–Kier alpha value is -1.40. The van der Waals surface area contributed by atoms with Crippen molar-refractivity contribution in [3.05, 3.63) is 34.3 Å². The van der Waals surface area contributed by atoms with Gasteiger partial charge in [-0.05, 0) is 18.1 Å². The largest absolute Gasteiger partial charge is 0.336 e. The summed E-state index contributed by atoms with van der Waals surface area (Å²) in [6, 6.07) is 7.72. The van der Waals surface area contributed by atoms with E-state index in [9.17, 15) is 9.59 Å². The quantitative estimate of drug-likeness (QED) is 0.862. The maximum absolute atomic E-state index is 12.0. The number of halogens is 1. The van der Waals surface area contributed by atoms with Crippen LogP contribution >= 0.6 is 15.9 Å². The van der Waals surface area contributed by atoms with Crippen LogP contribution in [0.4, 0.5) is 4.79 Å². The maximum atomic E-state index is 12.0. The van der Waals surface area contributed by atoms with E-state index in [-0.39, 0.29) is 24.5 Å². The van der Waals surface area contributed by atoms with Crippen molar-refractivity contribution in [2.45, 2.75) is 19.4 Å². The van der Waals surface area contributed by atoms with Crippen LogP contribution in [0.3, 0.4) is 0 Å². The molecule has 1 fully saturated rings. The number of imide groups is 1. The molecule has 1 aromatic carbocycles. The topological polar surface area (TPSA) is 61.4 Å². The molecule has 0 spiro atoms. The van der Waals surface area contributed by atoms with Crippen LogP contribution in [0, 0.1) is 0 Å². The molecule has 108 valence electrons. The van der Waals surface area contributed by atoms with Gasteiger partial charge in [-0.3, -0.25) is 9.69 Å². The molecule has 1 heterocycles. The van der Waals surface area contributed by atoms with Crippen LogP contribution in [0.5, 0.6) is 0 Å². The fraction of sp³-hybridized carbons (Fsp3) is 0.429. The molecule has 1 atom stereocenters. The van der Waals surface area contributed by atoms with Crippen molar-refractivity contribution in [1.29, 1.82) is 0 Å². The van der Waals surface area contributed by atoms with Crippen LogP contribution in [0.2, 0.25) is 0 Å². The summed E-state index contributed by atoms with van der Waals surface area (Å²) in [5, 5.41) is 5.85. The van der Waals surface area contributed by atoms with Crippen molar-refractivity contribution in [2.24, 2.45) is 0 Å². The Morgan fingerprint density at radius 3 is 2.85 bits per heavy atom. The molecule has 3 amide bonds. The summed E-state index contributed by atoms with van der Waals surface area (Å²) < 4.78 is 1.02. The molecule has 0 radical (unpaired) electrons. The number of hydrogen-bond donors (Lipinski definition) is 2. The van der Waals surface area contributed by atoms with Gasteiger partial charge in [-0.15, -0.1) is 0 Å². The Bertz CT molecular complexity index is 507. The lowest BCUT2D eigenvalue weighted by molar-refractivity contribution is -0.126. The molecule has 0 bridgehead atoms. The fourth-order valence-corrected chi connectivity index (χ4v) is 2.81. The number of amides is 3. The minimum Gasteiger partial charge on any atom is -0.336 e. The average molecular weight is 340 g/mol. The minimum atomic E-state index is -0.300. The number of benzene rings is 1. The molecular weight excluding hydrogens is 322 g/mol. The number of carbonyl (C=O) groups excluding carboxylic acids is 2. The predicted molar refractivity (Wildman–Crippen MR) is 80.3 cm³/mol. The Labute approximate surface area is 126 Å². The summed E-state index contributed by atoms with van der Waals surface area (Å²) in [5.74, 6) is -0.189. The molecule has 0 aromatic heterocycles. The number of carbonyl (C=O) groups is 2. The van der Waals surface area contributed by atoms with Crippen LogP contribution in [0.25, 0.3) is 0 Å². The molecule has 6 heteroatoms. The lowest BCUT2D eigenvalue weighted by Gasteiger charge is -2.20. The molecule has 1 saturated heterocycles. The summed E-state index contributed by atoms with van der Waals surface area (Å²) in [4.78, 5) is 24.6. The van der Waals surface area contributed by atoms with Gasteiger partial charge in [-0.1, -0.05) is 41.1 Å². The fourth-order valence-electron chi connectivity index (χ4n) is 2.25. The van der Waals surface area contributed by atoms with E-state index in [0.29, 0.717) is 13.1 Å². The van der Waals surface area contributed by atoms with Gasteiger partial charge in [-0.2, -0.15) is 0 Å². The zero-order valence-electron chi connectivity index (χ0n) is 11.4. The zero-order chi connectivity index (χ0) is 14.5. The van der Waals surface area contributed by atoms with Gasteiger partial charge in [0.15, 0.2) is 0 Å². The molecule has 2 rings (SSSR count). The molecule has 0 aliphatic carbocycles. The highest BCUT2D eigenvalue weighted by atomic mass is 79.9. The van der Waals surface area contributed by atoms with Gasteiger partial charge in [0.2, 0.25) is 5.91 Å². The Kier molecular flexibility index (Phi) is 5.14. The first-order valence-corrected chi connectivity index (χ1v) is 7.48. The van der Waals surface area contributed by atoms with Crippen molar-refractivity contribution in [3.8, 4) is 0 Å². The van der Waals surface area contributed by atoms with E-state index in [0.717, 1.165) is 16.5 Å². The van der Waals surface area contributed by atoms with Crippen molar-refractivity contribution in [2.75, 3.05) is 19.6 Å². The molecule has 1 aromatic rings. The minimum absolute atomic E-state index is 0.0835. The second kappa shape index (κ2) is 6.85. The van der Waals surface area contributed by atoms with Gasteiger partial charge in [0.1, 0.15) is 0 Å². The van der Waals surface area contributed by atoms with Crippen molar-refractivity contribution < 1.29 is 9.59 Å². The van der Waals surface area contributed by atoms with Gasteiger partial charge < -0.3 is 10.6 Å². The summed E-state index contributed by atoms with van der Waals surface area (Å²) >= 11 is 3.52. The number of nitrogens with one attached hydrogen (secondary N) is 2. The van der Waals surface area contributed by atoms with E-state index >= 15 is 0 Å². The average Bonchev–Trinajstić information content (AvgIpc) is 2.87. The molecule has 2 N–H and O–H groups in total. The van der Waals surface area contributed by atoms with E-state index in [1.165, 1.54) is 4.90 Å². The first kappa shape index (κ1) is 15.0. The predicted octanol–water partition coefficient (Wildman–Crippen LogP) is 2.04. The third kappa shape index (κ3) is 3.37. The second-order valence-corrected chi connectivity index (χ2v) is 5.49. The summed E-state index contributed by atoms with van der Waals surface area (Å²) in [7, 11) is 0. The Morgan fingerprint density at radius 2 is 2.25 bits per heavy atom. The first-order chi connectivity index (χ1) is 9.63. The molecule has 20 heavy (non-hydrogen) atoms. The SMILES string of the molecule is CC[C@H](NCC(=O)N1CCNC1=O)c1ccccc1Br. The van der Waals surface area contributed by atoms with Gasteiger partial charge in [0, 0.05) is 23.6 Å². The number of hydrogen-bond acceptors (Lipinski definition) is 3. The summed E-state index contributed by atoms with van der Waals surface area (Å²) in [5.41, 5.74) is 1.12. The van der Waals surface area contributed by atoms with Crippen LogP contribution in [-0.2, 0) is 4.79 Å². The van der Waals surface area contributed by atoms with Gasteiger partial charge in [-0.25, -0.2) is 4.79 Å². The van der Waals surface area contributed by atoms with Crippen molar-refractivity contribution in [3.63, 3.8) is 0 Å². The van der Waals surface area contributed by atoms with Crippen LogP contribution in [0.1, 0.15) is 24.9 Å². The van der Waals surface area contributed by atoms with Crippen molar-refractivity contribution in [1.82, 2.24) is 15.5 Å². The summed E-state index contributed by atoms with van der Waals surface area (Å²) in [6.07, 6.45) is 0.863. The van der Waals surface area contributed by atoms with E-state index in [1.807, 2.05) is 24.3 Å². The third-order valence-electron chi connectivity index (χ3n) is 3.35. The molecule has 1 aliphatic heterocycles. The lowest BCUT2D eigenvalue weighted by Crippen LogP contribution is -2.41. The normalized spacial score (nSPS) is 16.1.